The zero-order chi connectivity index (χ0) is 17.6. The van der Waals surface area contributed by atoms with Crippen molar-refractivity contribution in [2.45, 2.75) is 64.1 Å². The zero-order valence-corrected chi connectivity index (χ0v) is 15.6. The van der Waals surface area contributed by atoms with Crippen LogP contribution in [0.1, 0.15) is 67.8 Å². The molecule has 25 heavy (non-hydrogen) atoms. The number of aryl methyl sites for hydroxylation is 1. The summed E-state index contributed by atoms with van der Waals surface area (Å²) in [6.07, 6.45) is 6.65. The SMILES string of the molecule is Cc1ccc(C(N)C(C)C(NC2CCCCC2)c2ccccc2)cc1. The molecule has 0 spiro atoms. The Bertz CT molecular complexity index is 629. The molecule has 1 aliphatic rings. The van der Waals surface area contributed by atoms with Crippen molar-refractivity contribution in [3.05, 3.63) is 71.3 Å². The zero-order valence-electron chi connectivity index (χ0n) is 15.6. The molecule has 134 valence electrons. The van der Waals surface area contributed by atoms with Gasteiger partial charge in [0.25, 0.3) is 0 Å². The quantitative estimate of drug-likeness (QED) is 0.751. The summed E-state index contributed by atoms with van der Waals surface area (Å²) in [6, 6.07) is 20.4. The number of rotatable bonds is 6. The van der Waals surface area contributed by atoms with E-state index in [1.807, 2.05) is 0 Å². The van der Waals surface area contributed by atoms with Crippen LogP contribution in [0.2, 0.25) is 0 Å². The number of nitrogens with two attached hydrogens (primary N) is 1. The lowest BCUT2D eigenvalue weighted by molar-refractivity contribution is 0.268. The first-order chi connectivity index (χ1) is 12.1. The Morgan fingerprint density at radius 2 is 1.52 bits per heavy atom. The molecule has 2 aromatic carbocycles. The first-order valence-corrected chi connectivity index (χ1v) is 9.78. The Morgan fingerprint density at radius 3 is 2.16 bits per heavy atom. The molecule has 3 N–H and O–H groups in total. The minimum Gasteiger partial charge on any atom is -0.324 e. The van der Waals surface area contributed by atoms with Crippen molar-refractivity contribution in [1.29, 1.82) is 0 Å². The van der Waals surface area contributed by atoms with Gasteiger partial charge in [0.1, 0.15) is 0 Å². The average Bonchev–Trinajstić information content (AvgIpc) is 2.67. The summed E-state index contributed by atoms with van der Waals surface area (Å²) in [5.74, 6) is 0.326. The minimum atomic E-state index is 0.0295. The van der Waals surface area contributed by atoms with Crippen LogP contribution in [0.15, 0.2) is 54.6 Å². The maximum Gasteiger partial charge on any atom is 0.0366 e. The second-order valence-corrected chi connectivity index (χ2v) is 7.69. The number of hydrogen-bond acceptors (Lipinski definition) is 2. The van der Waals surface area contributed by atoms with E-state index in [4.69, 9.17) is 5.73 Å². The van der Waals surface area contributed by atoms with Gasteiger partial charge in [-0.1, -0.05) is 86.3 Å². The van der Waals surface area contributed by atoms with Gasteiger partial charge in [0.2, 0.25) is 0 Å². The molecule has 2 aromatic rings. The van der Waals surface area contributed by atoms with Crippen LogP contribution in [-0.4, -0.2) is 6.04 Å². The van der Waals surface area contributed by atoms with Crippen LogP contribution in [0.5, 0.6) is 0 Å². The van der Waals surface area contributed by atoms with Gasteiger partial charge in [-0.2, -0.15) is 0 Å². The maximum absolute atomic E-state index is 6.69. The van der Waals surface area contributed by atoms with Crippen molar-refractivity contribution in [3.8, 4) is 0 Å². The summed E-state index contributed by atoms with van der Waals surface area (Å²) in [5.41, 5.74) is 10.5. The molecule has 3 rings (SSSR count). The highest BCUT2D eigenvalue weighted by Crippen LogP contribution is 2.33. The standard InChI is InChI=1S/C23H32N2/c1-17-13-15-19(16-14-17)22(24)18(2)23(20-9-5-3-6-10-20)25-21-11-7-4-8-12-21/h3,5-6,9-10,13-16,18,21-23,25H,4,7-8,11-12,24H2,1-2H3. The fraction of sp³-hybridized carbons (Fsp3) is 0.478. The molecule has 3 unspecified atom stereocenters. The monoisotopic (exact) mass is 336 g/mol. The van der Waals surface area contributed by atoms with Crippen LogP contribution in [0.3, 0.4) is 0 Å². The third kappa shape index (κ3) is 4.71. The summed E-state index contributed by atoms with van der Waals surface area (Å²) in [7, 11) is 0. The van der Waals surface area contributed by atoms with Crippen LogP contribution >= 0.6 is 0 Å². The molecule has 0 radical (unpaired) electrons. The van der Waals surface area contributed by atoms with Gasteiger partial charge in [-0.15, -0.1) is 0 Å². The molecule has 1 fully saturated rings. The molecule has 3 atom stereocenters. The predicted molar refractivity (Wildman–Crippen MR) is 106 cm³/mol. The highest BCUT2D eigenvalue weighted by atomic mass is 15.0. The van der Waals surface area contributed by atoms with Crippen LogP contribution in [-0.2, 0) is 0 Å². The fourth-order valence-electron chi connectivity index (χ4n) is 4.03. The van der Waals surface area contributed by atoms with Gasteiger partial charge < -0.3 is 11.1 Å². The highest BCUT2D eigenvalue weighted by Gasteiger charge is 2.28. The van der Waals surface area contributed by atoms with E-state index in [-0.39, 0.29) is 6.04 Å². The van der Waals surface area contributed by atoms with Gasteiger partial charge in [0.15, 0.2) is 0 Å². The van der Waals surface area contributed by atoms with Crippen LogP contribution in [0.25, 0.3) is 0 Å². The number of benzene rings is 2. The smallest absolute Gasteiger partial charge is 0.0366 e. The molecule has 2 nitrogen and oxygen atoms in total. The van der Waals surface area contributed by atoms with Gasteiger partial charge in [0, 0.05) is 18.1 Å². The van der Waals surface area contributed by atoms with Crippen molar-refractivity contribution < 1.29 is 0 Å². The molecule has 0 saturated heterocycles. The molecule has 0 bridgehead atoms. The third-order valence-corrected chi connectivity index (χ3v) is 5.73. The van der Waals surface area contributed by atoms with E-state index >= 15 is 0 Å². The van der Waals surface area contributed by atoms with Crippen molar-refractivity contribution in [2.24, 2.45) is 11.7 Å². The lowest BCUT2D eigenvalue weighted by Gasteiger charge is -2.35. The largest absolute Gasteiger partial charge is 0.324 e. The van der Waals surface area contributed by atoms with E-state index in [2.05, 4.69) is 73.8 Å². The second-order valence-electron chi connectivity index (χ2n) is 7.69. The van der Waals surface area contributed by atoms with Crippen LogP contribution in [0, 0.1) is 12.8 Å². The van der Waals surface area contributed by atoms with Gasteiger partial charge >= 0.3 is 0 Å². The molecule has 0 heterocycles. The molecular formula is C23H32N2. The summed E-state index contributed by atoms with van der Waals surface area (Å²) in [4.78, 5) is 0. The Kier molecular flexibility index (Phi) is 6.28. The van der Waals surface area contributed by atoms with E-state index in [9.17, 15) is 0 Å². The maximum atomic E-state index is 6.69. The van der Waals surface area contributed by atoms with Crippen molar-refractivity contribution in [3.63, 3.8) is 0 Å². The van der Waals surface area contributed by atoms with E-state index in [1.165, 1.54) is 48.8 Å². The fourth-order valence-corrected chi connectivity index (χ4v) is 4.03. The molecular weight excluding hydrogens is 304 g/mol. The van der Waals surface area contributed by atoms with E-state index in [0.29, 0.717) is 18.0 Å². The number of nitrogens with one attached hydrogen (secondary N) is 1. The Hall–Kier alpha value is -1.64. The first kappa shape index (κ1) is 18.2. The van der Waals surface area contributed by atoms with E-state index < -0.39 is 0 Å². The van der Waals surface area contributed by atoms with E-state index in [1.54, 1.807) is 0 Å². The Morgan fingerprint density at radius 1 is 0.880 bits per heavy atom. The lowest BCUT2D eigenvalue weighted by Crippen LogP contribution is -2.40. The summed E-state index contributed by atoms with van der Waals surface area (Å²) >= 11 is 0. The Labute approximate surface area is 152 Å². The molecule has 0 amide bonds. The molecule has 1 saturated carbocycles. The van der Waals surface area contributed by atoms with Gasteiger partial charge in [0.05, 0.1) is 0 Å². The normalized spacial score (nSPS) is 19.3. The predicted octanol–water partition coefficient (Wildman–Crippen LogP) is 5.29. The highest BCUT2D eigenvalue weighted by molar-refractivity contribution is 5.26. The average molecular weight is 337 g/mol. The van der Waals surface area contributed by atoms with Gasteiger partial charge in [-0.25, -0.2) is 0 Å². The summed E-state index contributed by atoms with van der Waals surface area (Å²) < 4.78 is 0. The van der Waals surface area contributed by atoms with Crippen molar-refractivity contribution >= 4 is 0 Å². The van der Waals surface area contributed by atoms with Gasteiger partial charge in [-0.05, 0) is 36.8 Å². The Balaban J connectivity index is 1.80. The first-order valence-electron chi connectivity index (χ1n) is 9.78. The molecule has 1 aliphatic carbocycles. The number of hydrogen-bond donors (Lipinski definition) is 2. The van der Waals surface area contributed by atoms with Crippen LogP contribution < -0.4 is 11.1 Å². The van der Waals surface area contributed by atoms with Crippen molar-refractivity contribution in [1.82, 2.24) is 5.32 Å². The summed E-state index contributed by atoms with van der Waals surface area (Å²) in [5, 5.41) is 3.95. The molecule has 2 heteroatoms. The molecule has 0 aromatic heterocycles. The second kappa shape index (κ2) is 8.64. The third-order valence-electron chi connectivity index (χ3n) is 5.73. The summed E-state index contributed by atoms with van der Waals surface area (Å²) in [6.45, 7) is 4.41. The van der Waals surface area contributed by atoms with Gasteiger partial charge in [-0.3, -0.25) is 0 Å². The minimum absolute atomic E-state index is 0.0295. The topological polar surface area (TPSA) is 38.0 Å². The van der Waals surface area contributed by atoms with Crippen LogP contribution in [0.4, 0.5) is 0 Å². The lowest BCUT2D eigenvalue weighted by atomic mass is 9.84. The van der Waals surface area contributed by atoms with E-state index in [0.717, 1.165) is 0 Å². The molecule has 0 aliphatic heterocycles. The van der Waals surface area contributed by atoms with Crippen molar-refractivity contribution in [2.75, 3.05) is 0 Å².